The van der Waals surface area contributed by atoms with Crippen molar-refractivity contribution in [2.75, 3.05) is 20.3 Å². The van der Waals surface area contributed by atoms with Gasteiger partial charge in [0, 0.05) is 0 Å². The molecule has 2 fully saturated rings. The number of carbonyl (C=O) groups excluding carboxylic acids is 1. The summed E-state index contributed by atoms with van der Waals surface area (Å²) in [7, 11) is -2.29. The molecule has 150 valence electrons. The monoisotopic (exact) mass is 408 g/mol. The molecule has 2 aromatic rings. The fraction of sp³-hybridized carbons (Fsp3) is 0.471. The lowest BCUT2D eigenvalue weighted by atomic mass is 10.1. The van der Waals surface area contributed by atoms with Gasteiger partial charge in [-0.05, 0) is 5.56 Å². The first-order chi connectivity index (χ1) is 13.5. The summed E-state index contributed by atoms with van der Waals surface area (Å²) < 4.78 is 45.4. The van der Waals surface area contributed by atoms with Crippen molar-refractivity contribution >= 4 is 16.0 Å². The highest BCUT2D eigenvalue weighted by Crippen LogP contribution is 2.34. The Morgan fingerprint density at radius 3 is 2.75 bits per heavy atom. The maximum atomic E-state index is 12.5. The van der Waals surface area contributed by atoms with Crippen LogP contribution in [0.2, 0.25) is 0 Å². The first-order valence-electron chi connectivity index (χ1n) is 8.74. The summed E-state index contributed by atoms with van der Waals surface area (Å²) >= 11 is 0. The third kappa shape index (κ3) is 3.78. The number of ether oxygens (including phenoxy) is 3. The number of hydrogen-bond acceptors (Lipinski definition) is 8. The van der Waals surface area contributed by atoms with Crippen molar-refractivity contribution in [3.8, 4) is 0 Å². The van der Waals surface area contributed by atoms with Crippen LogP contribution in [0, 0.1) is 0 Å². The smallest absolute Gasteiger partial charge is 0.360 e. The van der Waals surface area contributed by atoms with Gasteiger partial charge < -0.3 is 14.2 Å². The van der Waals surface area contributed by atoms with Gasteiger partial charge in [-0.3, -0.25) is 0 Å². The molecule has 4 rings (SSSR count). The zero-order chi connectivity index (χ0) is 19.7. The van der Waals surface area contributed by atoms with E-state index < -0.39 is 34.2 Å². The van der Waals surface area contributed by atoms with Crippen LogP contribution in [0.25, 0.3) is 0 Å². The Morgan fingerprint density at radius 1 is 1.25 bits per heavy atom. The Balaban J connectivity index is 1.42. The van der Waals surface area contributed by atoms with Gasteiger partial charge in [-0.2, -0.15) is 0 Å². The summed E-state index contributed by atoms with van der Waals surface area (Å²) in [6.07, 6.45) is 0.636. The molecule has 4 atom stereocenters. The molecule has 1 aromatic carbocycles. The molecule has 0 bridgehead atoms. The molecule has 3 heterocycles. The lowest BCUT2D eigenvalue weighted by molar-refractivity contribution is 0.0592. The average Bonchev–Trinajstić information content (AvgIpc) is 3.38. The van der Waals surface area contributed by atoms with E-state index in [2.05, 4.69) is 19.8 Å². The molecule has 0 aliphatic carbocycles. The zero-order valence-corrected chi connectivity index (χ0v) is 15.9. The standard InChI is InChI=1S/C17H20N4O6S/c1-25-17(22)12-7-21(20-18-12)14-9-27-15-13(8-26-16(14)15)19-28(23,24)10-11-5-3-2-4-6-11/h2-7,13-16,19H,8-10H2,1H3. The highest BCUT2D eigenvalue weighted by atomic mass is 32.2. The Morgan fingerprint density at radius 2 is 2.00 bits per heavy atom. The molecule has 2 aliphatic heterocycles. The Kier molecular flexibility index (Phi) is 5.15. The number of nitrogens with one attached hydrogen (secondary N) is 1. The summed E-state index contributed by atoms with van der Waals surface area (Å²) in [5.74, 6) is -0.697. The Labute approximate surface area is 161 Å². The van der Waals surface area contributed by atoms with Crippen LogP contribution in [0.4, 0.5) is 0 Å². The number of nitrogens with zero attached hydrogens (tertiary/aromatic N) is 3. The van der Waals surface area contributed by atoms with Gasteiger partial charge >= 0.3 is 5.97 Å². The number of esters is 1. The minimum absolute atomic E-state index is 0.0871. The van der Waals surface area contributed by atoms with E-state index in [0.717, 1.165) is 0 Å². The third-order valence-electron chi connectivity index (χ3n) is 4.80. The SMILES string of the molecule is COC(=O)c1cn(C2COC3C(NS(=O)(=O)Cc4ccccc4)COC32)nn1. The summed E-state index contributed by atoms with van der Waals surface area (Å²) in [6.45, 7) is 0.467. The molecule has 1 N–H and O–H groups in total. The largest absolute Gasteiger partial charge is 0.464 e. The highest BCUT2D eigenvalue weighted by molar-refractivity contribution is 7.88. The van der Waals surface area contributed by atoms with Crippen LogP contribution < -0.4 is 4.72 Å². The predicted molar refractivity (Wildman–Crippen MR) is 95.9 cm³/mol. The fourth-order valence-corrected chi connectivity index (χ4v) is 4.89. The van der Waals surface area contributed by atoms with E-state index >= 15 is 0 Å². The van der Waals surface area contributed by atoms with E-state index in [1.54, 1.807) is 24.3 Å². The summed E-state index contributed by atoms with van der Waals surface area (Å²) in [6, 6.07) is 8.15. The Bertz CT molecular complexity index is 948. The number of aromatic nitrogens is 3. The predicted octanol–water partition coefficient (Wildman–Crippen LogP) is -0.108. The minimum Gasteiger partial charge on any atom is -0.464 e. The second kappa shape index (κ2) is 7.59. The first kappa shape index (κ1) is 19.0. The number of sulfonamides is 1. The summed E-state index contributed by atoms with van der Waals surface area (Å²) in [5, 5.41) is 7.74. The van der Waals surface area contributed by atoms with Crippen LogP contribution in [-0.4, -0.2) is 68.0 Å². The third-order valence-corrected chi connectivity index (χ3v) is 6.18. The topological polar surface area (TPSA) is 122 Å². The van der Waals surface area contributed by atoms with E-state index in [1.807, 2.05) is 6.07 Å². The molecule has 0 saturated carbocycles. The van der Waals surface area contributed by atoms with E-state index in [1.165, 1.54) is 18.0 Å². The van der Waals surface area contributed by atoms with E-state index in [4.69, 9.17) is 9.47 Å². The molecular weight excluding hydrogens is 388 g/mol. The van der Waals surface area contributed by atoms with Gasteiger partial charge in [0.05, 0.1) is 38.3 Å². The van der Waals surface area contributed by atoms with E-state index in [0.29, 0.717) is 5.56 Å². The van der Waals surface area contributed by atoms with Crippen molar-refractivity contribution in [3.63, 3.8) is 0 Å². The normalized spacial score (nSPS) is 26.9. The minimum atomic E-state index is -3.56. The van der Waals surface area contributed by atoms with Crippen LogP contribution in [0.15, 0.2) is 36.5 Å². The molecule has 11 heteroatoms. The second-order valence-electron chi connectivity index (χ2n) is 6.71. The number of benzene rings is 1. The molecule has 28 heavy (non-hydrogen) atoms. The maximum absolute atomic E-state index is 12.5. The molecule has 0 spiro atoms. The summed E-state index contributed by atoms with van der Waals surface area (Å²) in [5.41, 5.74) is 0.790. The van der Waals surface area contributed by atoms with Crippen LogP contribution in [-0.2, 0) is 30.0 Å². The Hall–Kier alpha value is -2.34. The lowest BCUT2D eigenvalue weighted by Crippen LogP contribution is -2.44. The molecule has 1 aromatic heterocycles. The summed E-state index contributed by atoms with van der Waals surface area (Å²) in [4.78, 5) is 11.6. The highest BCUT2D eigenvalue weighted by Gasteiger charge is 2.50. The van der Waals surface area contributed by atoms with Crippen LogP contribution in [0.3, 0.4) is 0 Å². The number of hydrogen-bond donors (Lipinski definition) is 1. The molecule has 2 aliphatic rings. The van der Waals surface area contributed by atoms with Gasteiger partial charge in [-0.15, -0.1) is 5.10 Å². The molecule has 10 nitrogen and oxygen atoms in total. The molecule has 0 amide bonds. The van der Waals surface area contributed by atoms with Gasteiger partial charge in [-0.25, -0.2) is 22.6 Å². The first-order valence-corrected chi connectivity index (χ1v) is 10.4. The van der Waals surface area contributed by atoms with E-state index in [9.17, 15) is 13.2 Å². The zero-order valence-electron chi connectivity index (χ0n) is 15.1. The molecular formula is C17H20N4O6S. The average molecular weight is 408 g/mol. The number of carbonyl (C=O) groups is 1. The maximum Gasteiger partial charge on any atom is 0.360 e. The van der Waals surface area contributed by atoms with Gasteiger partial charge in [0.15, 0.2) is 5.69 Å². The van der Waals surface area contributed by atoms with Crippen LogP contribution in [0.5, 0.6) is 0 Å². The quantitative estimate of drug-likeness (QED) is 0.657. The van der Waals surface area contributed by atoms with Crippen LogP contribution in [0.1, 0.15) is 22.1 Å². The van der Waals surface area contributed by atoms with Crippen molar-refractivity contribution in [2.24, 2.45) is 0 Å². The second-order valence-corrected chi connectivity index (χ2v) is 8.46. The number of rotatable bonds is 6. The van der Waals surface area contributed by atoms with Crippen molar-refractivity contribution in [1.82, 2.24) is 19.7 Å². The van der Waals surface area contributed by atoms with Gasteiger partial charge in [0.25, 0.3) is 0 Å². The van der Waals surface area contributed by atoms with Gasteiger partial charge in [-0.1, -0.05) is 35.5 Å². The van der Waals surface area contributed by atoms with Crippen molar-refractivity contribution in [2.45, 2.75) is 30.0 Å². The van der Waals surface area contributed by atoms with Crippen LogP contribution >= 0.6 is 0 Å². The van der Waals surface area contributed by atoms with Crippen molar-refractivity contribution in [3.05, 3.63) is 47.8 Å². The molecule has 0 radical (unpaired) electrons. The van der Waals surface area contributed by atoms with E-state index in [-0.39, 0.29) is 30.7 Å². The van der Waals surface area contributed by atoms with Crippen molar-refractivity contribution < 1.29 is 27.4 Å². The lowest BCUT2D eigenvalue weighted by Gasteiger charge is -2.18. The fourth-order valence-electron chi connectivity index (χ4n) is 3.51. The number of fused-ring (bicyclic) bond motifs is 1. The van der Waals surface area contributed by atoms with Crippen molar-refractivity contribution in [1.29, 1.82) is 0 Å². The molecule has 4 unspecified atom stereocenters. The van der Waals surface area contributed by atoms with Gasteiger partial charge in [0.2, 0.25) is 10.0 Å². The number of methoxy groups -OCH3 is 1. The van der Waals surface area contributed by atoms with Gasteiger partial charge in [0.1, 0.15) is 18.2 Å². The molecule has 2 saturated heterocycles.